The van der Waals surface area contributed by atoms with Crippen molar-refractivity contribution in [3.63, 3.8) is 0 Å². The van der Waals surface area contributed by atoms with Gasteiger partial charge in [-0.15, -0.1) is 0 Å². The number of nitrogens with zero attached hydrogens (tertiary/aromatic N) is 4. The van der Waals surface area contributed by atoms with Gasteiger partial charge in [-0.3, -0.25) is 4.98 Å². The number of carbonyl (C=O) groups excluding carboxylic acids is 1. The fourth-order valence-corrected chi connectivity index (χ4v) is 4.33. The van der Waals surface area contributed by atoms with Crippen LogP contribution < -0.4 is 20.9 Å². The molecule has 3 N–H and O–H groups in total. The molecule has 0 spiro atoms. The molecule has 9 heteroatoms. The Morgan fingerprint density at radius 2 is 1.62 bits per heavy atom. The van der Waals surface area contributed by atoms with E-state index >= 15 is 0 Å². The minimum absolute atomic E-state index is 0.252. The van der Waals surface area contributed by atoms with Crippen LogP contribution in [0.25, 0.3) is 11.4 Å². The molecule has 2 aliphatic rings. The van der Waals surface area contributed by atoms with Crippen LogP contribution >= 0.6 is 0 Å². The van der Waals surface area contributed by atoms with E-state index in [4.69, 9.17) is 14.7 Å². The van der Waals surface area contributed by atoms with Crippen LogP contribution in [0.2, 0.25) is 0 Å². The largest absolute Gasteiger partial charge is 0.371 e. The maximum absolute atomic E-state index is 12.3. The van der Waals surface area contributed by atoms with E-state index in [-0.39, 0.29) is 24.3 Å². The minimum Gasteiger partial charge on any atom is -0.371 e. The van der Waals surface area contributed by atoms with Crippen molar-refractivity contribution in [2.24, 2.45) is 0 Å². The highest BCUT2D eigenvalue weighted by Crippen LogP contribution is 2.31. The number of ether oxygens (including phenoxy) is 1. The number of anilines is 4. The summed E-state index contributed by atoms with van der Waals surface area (Å²) < 4.78 is 6.00. The molecule has 3 aromatic rings. The monoisotopic (exact) mass is 459 g/mol. The highest BCUT2D eigenvalue weighted by Gasteiger charge is 2.34. The Labute approximate surface area is 199 Å². The summed E-state index contributed by atoms with van der Waals surface area (Å²) >= 11 is 0. The number of rotatable bonds is 6. The van der Waals surface area contributed by atoms with Crippen molar-refractivity contribution in [3.05, 3.63) is 54.9 Å². The molecule has 1 aromatic carbocycles. The van der Waals surface area contributed by atoms with E-state index in [0.29, 0.717) is 17.2 Å². The van der Waals surface area contributed by atoms with Gasteiger partial charge in [0.2, 0.25) is 0 Å². The molecule has 0 radical (unpaired) electrons. The molecule has 2 bridgehead atoms. The number of benzene rings is 1. The lowest BCUT2D eigenvalue weighted by atomic mass is 10.2. The molecule has 2 saturated heterocycles. The number of hydrogen-bond acceptors (Lipinski definition) is 7. The van der Waals surface area contributed by atoms with Crippen molar-refractivity contribution >= 4 is 29.0 Å². The van der Waals surface area contributed by atoms with E-state index in [2.05, 4.69) is 39.7 Å². The second kappa shape index (κ2) is 9.64. The fourth-order valence-electron chi connectivity index (χ4n) is 4.33. The molecule has 2 amide bonds. The molecule has 176 valence electrons. The molecule has 0 aliphatic carbocycles. The first-order valence-electron chi connectivity index (χ1n) is 11.7. The molecular weight excluding hydrogens is 430 g/mol. The van der Waals surface area contributed by atoms with E-state index in [1.807, 2.05) is 30.3 Å². The molecule has 34 heavy (non-hydrogen) atoms. The van der Waals surface area contributed by atoms with Gasteiger partial charge in [-0.25, -0.2) is 14.8 Å². The summed E-state index contributed by atoms with van der Waals surface area (Å²) in [4.78, 5) is 28.2. The minimum atomic E-state index is -0.317. The number of carbonyl (C=O) groups is 1. The maximum atomic E-state index is 12.3. The quantitative estimate of drug-likeness (QED) is 0.503. The SMILES string of the molecule is CC(C)Nc1cc(N2CC3CCC(C2)O3)nc(-c2ccc(NC(=O)Nc3ccncc3)cc2)n1. The molecule has 2 atom stereocenters. The highest BCUT2D eigenvalue weighted by molar-refractivity contribution is 5.99. The second-order valence-corrected chi connectivity index (χ2v) is 8.99. The third-order valence-corrected chi connectivity index (χ3v) is 5.86. The number of morpholine rings is 1. The van der Waals surface area contributed by atoms with Crippen LogP contribution in [0.1, 0.15) is 26.7 Å². The number of fused-ring (bicyclic) bond motifs is 2. The van der Waals surface area contributed by atoms with Crippen molar-refractivity contribution in [3.8, 4) is 11.4 Å². The van der Waals surface area contributed by atoms with Gasteiger partial charge >= 0.3 is 6.03 Å². The number of urea groups is 1. The Morgan fingerprint density at radius 3 is 2.26 bits per heavy atom. The molecule has 2 fully saturated rings. The normalized spacial score (nSPS) is 19.2. The summed E-state index contributed by atoms with van der Waals surface area (Å²) in [6, 6.07) is 13.0. The van der Waals surface area contributed by atoms with E-state index in [9.17, 15) is 4.79 Å². The van der Waals surface area contributed by atoms with Crippen molar-refractivity contribution in [1.29, 1.82) is 0 Å². The van der Waals surface area contributed by atoms with E-state index in [1.165, 1.54) is 0 Å². The number of aromatic nitrogens is 3. The zero-order valence-electron chi connectivity index (χ0n) is 19.4. The second-order valence-electron chi connectivity index (χ2n) is 8.99. The van der Waals surface area contributed by atoms with E-state index < -0.39 is 0 Å². The van der Waals surface area contributed by atoms with Gasteiger partial charge in [0.15, 0.2) is 5.82 Å². The van der Waals surface area contributed by atoms with Crippen molar-refractivity contribution < 1.29 is 9.53 Å². The Kier molecular flexibility index (Phi) is 6.27. The summed E-state index contributed by atoms with van der Waals surface area (Å²) in [5, 5.41) is 9.03. The van der Waals surface area contributed by atoms with Crippen molar-refractivity contribution in [1.82, 2.24) is 15.0 Å². The summed E-state index contributed by atoms with van der Waals surface area (Å²) in [5.74, 6) is 2.35. The van der Waals surface area contributed by atoms with Gasteiger partial charge in [0.1, 0.15) is 11.6 Å². The van der Waals surface area contributed by atoms with Gasteiger partial charge in [-0.2, -0.15) is 0 Å². The van der Waals surface area contributed by atoms with Gasteiger partial charge in [0.25, 0.3) is 0 Å². The van der Waals surface area contributed by atoms with Crippen LogP contribution in [0.5, 0.6) is 0 Å². The highest BCUT2D eigenvalue weighted by atomic mass is 16.5. The van der Waals surface area contributed by atoms with E-state index in [0.717, 1.165) is 43.1 Å². The summed E-state index contributed by atoms with van der Waals surface area (Å²) in [7, 11) is 0. The van der Waals surface area contributed by atoms with Gasteiger partial charge in [0.05, 0.1) is 12.2 Å². The molecule has 0 saturated carbocycles. The lowest BCUT2D eigenvalue weighted by Crippen LogP contribution is -2.43. The summed E-state index contributed by atoms with van der Waals surface area (Å²) in [6.45, 7) is 5.88. The lowest BCUT2D eigenvalue weighted by molar-refractivity contribution is 0.0302. The molecule has 9 nitrogen and oxygen atoms in total. The van der Waals surface area contributed by atoms with Gasteiger partial charge in [-0.05, 0) is 63.1 Å². The zero-order valence-corrected chi connectivity index (χ0v) is 19.4. The smallest absolute Gasteiger partial charge is 0.323 e. The first-order chi connectivity index (χ1) is 16.5. The molecule has 5 rings (SSSR count). The van der Waals surface area contributed by atoms with Gasteiger partial charge < -0.3 is 25.6 Å². The molecule has 2 unspecified atom stereocenters. The average Bonchev–Trinajstić information content (AvgIpc) is 3.16. The number of hydrogen-bond donors (Lipinski definition) is 3. The Balaban J connectivity index is 1.34. The summed E-state index contributed by atoms with van der Waals surface area (Å²) in [5.41, 5.74) is 2.23. The van der Waals surface area contributed by atoms with Crippen LogP contribution in [0.4, 0.5) is 27.8 Å². The number of amides is 2. The standard InChI is InChI=1S/C25H29N7O2/c1-16(2)27-22-13-23(32-14-20-7-8-21(15-32)34-20)31-24(30-22)17-3-5-18(6-4-17)28-25(33)29-19-9-11-26-12-10-19/h3-6,9-13,16,20-21H,7-8,14-15H2,1-2H3,(H,27,30,31)(H2,26,28,29,33). The van der Waals surface area contributed by atoms with E-state index in [1.54, 1.807) is 24.5 Å². The topological polar surface area (TPSA) is 104 Å². The molecule has 4 heterocycles. The predicted molar refractivity (Wildman–Crippen MR) is 133 cm³/mol. The van der Waals surface area contributed by atoms with Crippen molar-refractivity contribution in [2.45, 2.75) is 44.9 Å². The third kappa shape index (κ3) is 5.26. The third-order valence-electron chi connectivity index (χ3n) is 5.86. The zero-order chi connectivity index (χ0) is 23.5. The Hall–Kier alpha value is -3.72. The van der Waals surface area contributed by atoms with Crippen molar-refractivity contribution in [2.75, 3.05) is 33.9 Å². The number of pyridine rings is 1. The first-order valence-corrected chi connectivity index (χ1v) is 11.7. The van der Waals surface area contributed by atoms with Crippen LogP contribution in [0.15, 0.2) is 54.9 Å². The predicted octanol–water partition coefficient (Wildman–Crippen LogP) is 4.37. The van der Waals surface area contributed by atoms with Gasteiger partial charge in [0, 0.05) is 54.5 Å². The number of nitrogens with one attached hydrogen (secondary N) is 3. The summed E-state index contributed by atoms with van der Waals surface area (Å²) in [6.07, 6.45) is 6.04. The molecule has 2 aromatic heterocycles. The Morgan fingerprint density at radius 1 is 0.971 bits per heavy atom. The average molecular weight is 460 g/mol. The maximum Gasteiger partial charge on any atom is 0.323 e. The van der Waals surface area contributed by atoms with Crippen LogP contribution in [-0.4, -0.2) is 52.3 Å². The fraction of sp³-hybridized carbons (Fsp3) is 0.360. The molecule has 2 aliphatic heterocycles. The van der Waals surface area contributed by atoms with Crippen LogP contribution in [0, 0.1) is 0 Å². The van der Waals surface area contributed by atoms with Crippen LogP contribution in [-0.2, 0) is 4.74 Å². The Bertz CT molecular complexity index is 1130. The van der Waals surface area contributed by atoms with Crippen LogP contribution in [0.3, 0.4) is 0 Å². The van der Waals surface area contributed by atoms with Gasteiger partial charge in [-0.1, -0.05) is 0 Å². The molecular formula is C25H29N7O2. The lowest BCUT2D eigenvalue weighted by Gasteiger charge is -2.33. The first kappa shape index (κ1) is 22.1.